The van der Waals surface area contributed by atoms with Crippen molar-refractivity contribution in [1.82, 2.24) is 15.1 Å². The summed E-state index contributed by atoms with van der Waals surface area (Å²) in [5.74, 6) is -0.939. The van der Waals surface area contributed by atoms with E-state index in [0.29, 0.717) is 25.4 Å². The maximum atomic E-state index is 12.1. The summed E-state index contributed by atoms with van der Waals surface area (Å²) in [5, 5.41) is 12.4. The van der Waals surface area contributed by atoms with Gasteiger partial charge in [-0.25, -0.2) is 0 Å². The lowest BCUT2D eigenvalue weighted by Crippen LogP contribution is -2.54. The molecule has 1 atom stereocenters. The molecule has 6 heteroatoms. The monoisotopic (exact) mass is 297 g/mol. The number of hydrogen-bond acceptors (Lipinski definition) is 4. The molecule has 1 amide bonds. The van der Waals surface area contributed by atoms with E-state index in [1.165, 1.54) is 0 Å². The molecule has 2 fully saturated rings. The number of carbonyl (C=O) groups excluding carboxylic acids is 1. The molecule has 0 aromatic carbocycles. The first-order valence-corrected chi connectivity index (χ1v) is 7.82. The molecule has 120 valence electrons. The number of hydrogen-bond donors (Lipinski definition) is 2. The van der Waals surface area contributed by atoms with Gasteiger partial charge in [0.25, 0.3) is 0 Å². The Bertz CT molecular complexity index is 394. The molecule has 1 aliphatic carbocycles. The van der Waals surface area contributed by atoms with Crippen molar-refractivity contribution in [3.8, 4) is 0 Å². The van der Waals surface area contributed by atoms with E-state index in [-0.39, 0.29) is 12.3 Å². The lowest BCUT2D eigenvalue weighted by atomic mass is 9.82. The van der Waals surface area contributed by atoms with Crippen LogP contribution in [-0.4, -0.2) is 73.1 Å². The number of carboxylic acid groups (broad SMARTS) is 1. The Morgan fingerprint density at radius 1 is 1.24 bits per heavy atom. The molecule has 6 nitrogen and oxygen atoms in total. The van der Waals surface area contributed by atoms with Crippen LogP contribution in [0.4, 0.5) is 0 Å². The maximum Gasteiger partial charge on any atom is 0.310 e. The second-order valence-corrected chi connectivity index (χ2v) is 6.67. The van der Waals surface area contributed by atoms with Crippen LogP contribution in [0, 0.1) is 5.41 Å². The molecule has 1 heterocycles. The fourth-order valence-corrected chi connectivity index (χ4v) is 3.44. The molecule has 0 aromatic heterocycles. The SMILES string of the molecule is CN1CCN(C)C(CNC(=O)CC2(C(=O)O)CCCC2)C1. The van der Waals surface area contributed by atoms with Crippen LogP contribution in [0.3, 0.4) is 0 Å². The summed E-state index contributed by atoms with van der Waals surface area (Å²) in [4.78, 5) is 28.1. The molecular formula is C15H27N3O3. The Hall–Kier alpha value is -1.14. The lowest BCUT2D eigenvalue weighted by molar-refractivity contribution is -0.151. The van der Waals surface area contributed by atoms with Crippen LogP contribution in [0.15, 0.2) is 0 Å². The lowest BCUT2D eigenvalue weighted by Gasteiger charge is -2.37. The van der Waals surface area contributed by atoms with Crippen molar-refractivity contribution in [1.29, 1.82) is 0 Å². The quantitative estimate of drug-likeness (QED) is 0.768. The molecule has 1 unspecified atom stereocenters. The first-order chi connectivity index (χ1) is 9.93. The predicted molar refractivity (Wildman–Crippen MR) is 80.1 cm³/mol. The average molecular weight is 297 g/mol. The van der Waals surface area contributed by atoms with Crippen molar-refractivity contribution in [2.45, 2.75) is 38.1 Å². The van der Waals surface area contributed by atoms with Crippen LogP contribution < -0.4 is 5.32 Å². The van der Waals surface area contributed by atoms with E-state index in [2.05, 4.69) is 29.2 Å². The van der Waals surface area contributed by atoms with Gasteiger partial charge in [-0.1, -0.05) is 12.8 Å². The summed E-state index contributed by atoms with van der Waals surface area (Å²) >= 11 is 0. The van der Waals surface area contributed by atoms with Gasteiger partial charge in [-0.2, -0.15) is 0 Å². The van der Waals surface area contributed by atoms with Crippen LogP contribution in [-0.2, 0) is 9.59 Å². The Kier molecular flexibility index (Phi) is 5.22. The van der Waals surface area contributed by atoms with Crippen molar-refractivity contribution in [3.05, 3.63) is 0 Å². The van der Waals surface area contributed by atoms with E-state index in [9.17, 15) is 14.7 Å². The number of nitrogens with one attached hydrogen (secondary N) is 1. The van der Waals surface area contributed by atoms with E-state index in [1.54, 1.807) is 0 Å². The highest BCUT2D eigenvalue weighted by Gasteiger charge is 2.43. The van der Waals surface area contributed by atoms with Gasteiger partial charge in [0, 0.05) is 38.6 Å². The molecule has 0 aromatic rings. The first kappa shape index (κ1) is 16.2. The fraction of sp³-hybridized carbons (Fsp3) is 0.867. The minimum Gasteiger partial charge on any atom is -0.481 e. The molecule has 0 radical (unpaired) electrons. The second-order valence-electron chi connectivity index (χ2n) is 6.67. The van der Waals surface area contributed by atoms with Crippen LogP contribution in [0.5, 0.6) is 0 Å². The zero-order valence-corrected chi connectivity index (χ0v) is 13.1. The summed E-state index contributed by atoms with van der Waals surface area (Å²) in [5.41, 5.74) is -0.820. The highest BCUT2D eigenvalue weighted by molar-refractivity contribution is 5.85. The zero-order valence-electron chi connectivity index (χ0n) is 13.1. The highest BCUT2D eigenvalue weighted by Crippen LogP contribution is 2.41. The van der Waals surface area contributed by atoms with Gasteiger partial charge in [-0.15, -0.1) is 0 Å². The number of carbonyl (C=O) groups is 2. The normalized spacial score (nSPS) is 26.7. The maximum absolute atomic E-state index is 12.1. The van der Waals surface area contributed by atoms with Crippen LogP contribution in [0.2, 0.25) is 0 Å². The number of likely N-dealkylation sites (N-methyl/N-ethyl adjacent to an activating group) is 2. The Morgan fingerprint density at radius 3 is 2.52 bits per heavy atom. The van der Waals surface area contributed by atoms with Crippen molar-refractivity contribution < 1.29 is 14.7 Å². The van der Waals surface area contributed by atoms with Gasteiger partial charge in [0.05, 0.1) is 5.41 Å². The second kappa shape index (κ2) is 6.75. The minimum absolute atomic E-state index is 0.120. The van der Waals surface area contributed by atoms with E-state index < -0.39 is 11.4 Å². The smallest absolute Gasteiger partial charge is 0.310 e. The number of rotatable bonds is 5. The van der Waals surface area contributed by atoms with Gasteiger partial charge in [-0.05, 0) is 26.9 Å². The molecule has 21 heavy (non-hydrogen) atoms. The van der Waals surface area contributed by atoms with Crippen molar-refractivity contribution in [3.63, 3.8) is 0 Å². The number of amides is 1. The van der Waals surface area contributed by atoms with Crippen LogP contribution in [0.25, 0.3) is 0 Å². The molecule has 1 saturated heterocycles. The average Bonchev–Trinajstić information content (AvgIpc) is 2.89. The largest absolute Gasteiger partial charge is 0.481 e. The van der Waals surface area contributed by atoms with Gasteiger partial charge < -0.3 is 15.3 Å². The predicted octanol–water partition coefficient (Wildman–Crippen LogP) is 0.384. The van der Waals surface area contributed by atoms with Gasteiger partial charge in [-0.3, -0.25) is 14.5 Å². The Labute approximate surface area is 126 Å². The minimum atomic E-state index is -0.820. The summed E-state index contributed by atoms with van der Waals surface area (Å²) in [7, 11) is 4.15. The van der Waals surface area contributed by atoms with E-state index in [4.69, 9.17) is 0 Å². The van der Waals surface area contributed by atoms with E-state index in [0.717, 1.165) is 32.5 Å². The van der Waals surface area contributed by atoms with E-state index >= 15 is 0 Å². The Balaban J connectivity index is 1.83. The summed E-state index contributed by atoms with van der Waals surface area (Å²) in [6, 6.07) is 0.303. The summed E-state index contributed by atoms with van der Waals surface area (Å²) in [6.07, 6.45) is 3.20. The van der Waals surface area contributed by atoms with Crippen molar-refractivity contribution in [2.24, 2.45) is 5.41 Å². The molecule has 2 rings (SSSR count). The third-order valence-electron chi connectivity index (χ3n) is 5.03. The number of carboxylic acids is 1. The van der Waals surface area contributed by atoms with Gasteiger partial charge in [0.2, 0.25) is 5.91 Å². The molecular weight excluding hydrogens is 270 g/mol. The number of piperazine rings is 1. The topological polar surface area (TPSA) is 72.9 Å². The summed E-state index contributed by atoms with van der Waals surface area (Å²) in [6.45, 7) is 3.56. The fourth-order valence-electron chi connectivity index (χ4n) is 3.44. The number of aliphatic carboxylic acids is 1. The van der Waals surface area contributed by atoms with E-state index in [1.807, 2.05) is 0 Å². The molecule has 0 spiro atoms. The van der Waals surface area contributed by atoms with Gasteiger partial charge >= 0.3 is 5.97 Å². The molecule has 1 saturated carbocycles. The standard InChI is InChI=1S/C15H27N3O3/c1-17-7-8-18(2)12(11-17)10-16-13(19)9-15(14(20)21)5-3-4-6-15/h12H,3-11H2,1-2H3,(H,16,19)(H,20,21). The number of nitrogens with zero attached hydrogens (tertiary/aromatic N) is 2. The molecule has 1 aliphatic heterocycles. The highest BCUT2D eigenvalue weighted by atomic mass is 16.4. The summed E-state index contributed by atoms with van der Waals surface area (Å²) < 4.78 is 0. The zero-order chi connectivity index (χ0) is 15.5. The first-order valence-electron chi connectivity index (χ1n) is 7.82. The Morgan fingerprint density at radius 2 is 1.90 bits per heavy atom. The third kappa shape index (κ3) is 3.95. The van der Waals surface area contributed by atoms with Gasteiger partial charge in [0.1, 0.15) is 0 Å². The van der Waals surface area contributed by atoms with Crippen LogP contribution in [0.1, 0.15) is 32.1 Å². The van der Waals surface area contributed by atoms with Crippen molar-refractivity contribution >= 4 is 11.9 Å². The molecule has 2 N–H and O–H groups in total. The third-order valence-corrected chi connectivity index (χ3v) is 5.03. The van der Waals surface area contributed by atoms with Crippen LogP contribution >= 0.6 is 0 Å². The van der Waals surface area contributed by atoms with Crippen molar-refractivity contribution in [2.75, 3.05) is 40.3 Å². The molecule has 0 bridgehead atoms. The molecule has 2 aliphatic rings. The van der Waals surface area contributed by atoms with Gasteiger partial charge in [0.15, 0.2) is 0 Å².